The van der Waals surface area contributed by atoms with Crippen LogP contribution in [-0.4, -0.2) is 18.4 Å². The number of unbranched alkanes of at least 4 members (excludes halogenated alkanes) is 28. The fraction of sp³-hybridized carbons (Fsp3) is 0.947. The molecule has 0 spiro atoms. The second-order valence-electron chi connectivity index (χ2n) is 12.9. The molecule has 0 aliphatic heterocycles. The summed E-state index contributed by atoms with van der Waals surface area (Å²) in [7, 11) is 0. The van der Waals surface area contributed by atoms with Gasteiger partial charge in [-0.25, -0.2) is 0 Å². The highest BCUT2D eigenvalue weighted by atomic mass is 16.5. The minimum atomic E-state index is -0.264. The molecule has 0 saturated heterocycles. The molecule has 0 saturated carbocycles. The van der Waals surface area contributed by atoms with E-state index in [0.29, 0.717) is 6.42 Å². The molecule has 3 heteroatoms. The van der Waals surface area contributed by atoms with E-state index in [4.69, 9.17) is 4.74 Å². The van der Waals surface area contributed by atoms with Crippen molar-refractivity contribution in [1.82, 2.24) is 0 Å². The van der Waals surface area contributed by atoms with Crippen molar-refractivity contribution in [3.05, 3.63) is 0 Å². The second-order valence-corrected chi connectivity index (χ2v) is 12.9. The minimum Gasteiger partial charge on any atom is -0.462 e. The van der Waals surface area contributed by atoms with Gasteiger partial charge < -0.3 is 4.74 Å². The number of hydrogen-bond acceptors (Lipinski definition) is 3. The predicted octanol–water partition coefficient (Wildman–Crippen LogP) is 12.9. The van der Waals surface area contributed by atoms with Crippen LogP contribution < -0.4 is 0 Å². The number of esters is 1. The molecule has 0 aliphatic carbocycles. The quantitative estimate of drug-likeness (QED) is 0.0555. The molecule has 0 aromatic heterocycles. The Morgan fingerprint density at radius 1 is 0.463 bits per heavy atom. The molecule has 0 aliphatic rings. The maximum absolute atomic E-state index is 12.2. The maximum Gasteiger partial charge on any atom is 0.306 e. The fourth-order valence-corrected chi connectivity index (χ4v) is 5.92. The van der Waals surface area contributed by atoms with Crippen molar-refractivity contribution in [2.45, 2.75) is 232 Å². The van der Waals surface area contributed by atoms with Crippen molar-refractivity contribution in [3.63, 3.8) is 0 Å². The predicted molar refractivity (Wildman–Crippen MR) is 179 cm³/mol. The van der Waals surface area contributed by atoms with Gasteiger partial charge >= 0.3 is 5.97 Å². The highest BCUT2D eigenvalue weighted by Crippen LogP contribution is 2.17. The zero-order valence-corrected chi connectivity index (χ0v) is 28.1. The van der Waals surface area contributed by atoms with Crippen LogP contribution in [0.1, 0.15) is 226 Å². The summed E-state index contributed by atoms with van der Waals surface area (Å²) in [4.78, 5) is 23.1. The Hall–Kier alpha value is -0.860. The van der Waals surface area contributed by atoms with E-state index in [1.807, 2.05) is 6.29 Å². The average Bonchev–Trinajstić information content (AvgIpc) is 2.97. The van der Waals surface area contributed by atoms with Gasteiger partial charge in [0.25, 0.3) is 0 Å². The Morgan fingerprint density at radius 2 is 0.756 bits per heavy atom. The van der Waals surface area contributed by atoms with E-state index in [-0.39, 0.29) is 18.5 Å². The van der Waals surface area contributed by atoms with Crippen LogP contribution >= 0.6 is 0 Å². The molecule has 0 N–H and O–H groups in total. The number of carbonyl (C=O) groups excluding carboxylic acids is 2. The van der Waals surface area contributed by atoms with Crippen LogP contribution in [0, 0.1) is 0 Å². The lowest BCUT2D eigenvalue weighted by Gasteiger charge is -2.15. The first-order valence-corrected chi connectivity index (χ1v) is 18.8. The van der Waals surface area contributed by atoms with Crippen LogP contribution in [0.15, 0.2) is 0 Å². The first-order valence-electron chi connectivity index (χ1n) is 18.8. The highest BCUT2D eigenvalue weighted by Gasteiger charge is 2.14. The van der Waals surface area contributed by atoms with E-state index >= 15 is 0 Å². The Morgan fingerprint density at radius 3 is 1.07 bits per heavy atom. The van der Waals surface area contributed by atoms with E-state index in [0.717, 1.165) is 25.7 Å². The van der Waals surface area contributed by atoms with Gasteiger partial charge in [-0.3, -0.25) is 9.59 Å². The number of ether oxygens (including phenoxy) is 1. The van der Waals surface area contributed by atoms with Crippen molar-refractivity contribution < 1.29 is 14.3 Å². The Labute approximate surface area is 258 Å². The Bertz CT molecular complexity index is 518. The SMILES string of the molecule is CCCCCCCCCCCCCCCCCCCCCCCC(=O)OC(C[C]=O)CCCCCCCCCCC. The van der Waals surface area contributed by atoms with Crippen molar-refractivity contribution >= 4 is 12.3 Å². The smallest absolute Gasteiger partial charge is 0.306 e. The Kier molecular flexibility index (Phi) is 34.6. The molecule has 3 nitrogen and oxygen atoms in total. The molecule has 0 bridgehead atoms. The average molecular weight is 578 g/mol. The van der Waals surface area contributed by atoms with E-state index in [2.05, 4.69) is 13.8 Å². The molecule has 1 atom stereocenters. The lowest BCUT2D eigenvalue weighted by molar-refractivity contribution is -0.149. The van der Waals surface area contributed by atoms with Crippen molar-refractivity contribution in [2.24, 2.45) is 0 Å². The van der Waals surface area contributed by atoms with Crippen LogP contribution in [-0.2, 0) is 14.3 Å². The van der Waals surface area contributed by atoms with Gasteiger partial charge in [-0.05, 0) is 19.3 Å². The number of carbonyl (C=O) groups is 1. The van der Waals surface area contributed by atoms with Crippen molar-refractivity contribution in [1.29, 1.82) is 0 Å². The van der Waals surface area contributed by atoms with Crippen LogP contribution in [0.25, 0.3) is 0 Å². The summed E-state index contributed by atoms with van der Waals surface area (Å²) < 4.78 is 5.61. The van der Waals surface area contributed by atoms with Gasteiger partial charge in [0.1, 0.15) is 6.10 Å². The summed E-state index contributed by atoms with van der Waals surface area (Å²) in [6, 6.07) is 0. The number of rotatable bonds is 35. The summed E-state index contributed by atoms with van der Waals surface area (Å²) in [6.07, 6.45) is 43.3. The monoisotopic (exact) mass is 578 g/mol. The molecular formula is C38H73O3. The van der Waals surface area contributed by atoms with Gasteiger partial charge in [0.15, 0.2) is 0 Å². The van der Waals surface area contributed by atoms with E-state index in [1.165, 1.54) is 173 Å². The van der Waals surface area contributed by atoms with Crippen LogP contribution in [0.4, 0.5) is 0 Å². The van der Waals surface area contributed by atoms with E-state index in [9.17, 15) is 9.59 Å². The summed E-state index contributed by atoms with van der Waals surface area (Å²) in [5.41, 5.74) is 0. The molecule has 41 heavy (non-hydrogen) atoms. The minimum absolute atomic E-state index is 0.126. The molecule has 1 unspecified atom stereocenters. The van der Waals surface area contributed by atoms with Crippen LogP contribution in [0.5, 0.6) is 0 Å². The van der Waals surface area contributed by atoms with E-state index < -0.39 is 0 Å². The summed E-state index contributed by atoms with van der Waals surface area (Å²) in [6.45, 7) is 4.54. The second kappa shape index (κ2) is 35.3. The Balaban J connectivity index is 3.41. The molecule has 0 heterocycles. The molecular weight excluding hydrogens is 504 g/mol. The zero-order valence-electron chi connectivity index (χ0n) is 28.1. The summed E-state index contributed by atoms with van der Waals surface area (Å²) in [5.74, 6) is -0.126. The fourth-order valence-electron chi connectivity index (χ4n) is 5.92. The first kappa shape index (κ1) is 40.1. The molecule has 0 fully saturated rings. The number of hydrogen-bond donors (Lipinski definition) is 0. The van der Waals surface area contributed by atoms with Gasteiger partial charge in [-0.2, -0.15) is 0 Å². The lowest BCUT2D eigenvalue weighted by Crippen LogP contribution is -2.18. The van der Waals surface area contributed by atoms with Gasteiger partial charge in [0.05, 0.1) is 6.42 Å². The molecule has 0 aromatic carbocycles. The molecule has 0 rings (SSSR count). The molecule has 0 aromatic rings. The maximum atomic E-state index is 12.2. The first-order chi connectivity index (χ1) is 20.2. The van der Waals surface area contributed by atoms with Gasteiger partial charge in [0.2, 0.25) is 6.29 Å². The topological polar surface area (TPSA) is 43.4 Å². The summed E-state index contributed by atoms with van der Waals surface area (Å²) >= 11 is 0. The van der Waals surface area contributed by atoms with Gasteiger partial charge in [-0.1, -0.05) is 194 Å². The third-order valence-corrected chi connectivity index (χ3v) is 8.72. The highest BCUT2D eigenvalue weighted by molar-refractivity contribution is 5.69. The molecule has 243 valence electrons. The summed E-state index contributed by atoms with van der Waals surface area (Å²) in [5, 5.41) is 0. The molecule has 1 radical (unpaired) electrons. The lowest BCUT2D eigenvalue weighted by atomic mass is 10.0. The largest absolute Gasteiger partial charge is 0.462 e. The van der Waals surface area contributed by atoms with Crippen molar-refractivity contribution in [3.8, 4) is 0 Å². The van der Waals surface area contributed by atoms with Gasteiger partial charge in [0, 0.05) is 6.42 Å². The van der Waals surface area contributed by atoms with Crippen LogP contribution in [0.3, 0.4) is 0 Å². The third-order valence-electron chi connectivity index (χ3n) is 8.72. The molecule has 0 amide bonds. The van der Waals surface area contributed by atoms with E-state index in [1.54, 1.807) is 0 Å². The van der Waals surface area contributed by atoms with Crippen LogP contribution in [0.2, 0.25) is 0 Å². The van der Waals surface area contributed by atoms with Crippen molar-refractivity contribution in [2.75, 3.05) is 0 Å². The standard InChI is InChI=1S/C38H73O3/c1-3-5-7-9-11-13-14-15-16-17-18-19-20-21-22-23-24-26-28-30-32-34-38(40)41-37(35-36-39)33-31-29-27-25-12-10-8-6-4-2/h37H,3-35H2,1-2H3. The van der Waals surface area contributed by atoms with Gasteiger partial charge in [-0.15, -0.1) is 0 Å². The third kappa shape index (κ3) is 33.5. The zero-order chi connectivity index (χ0) is 29.9. The normalized spacial score (nSPS) is 12.0.